The van der Waals surface area contributed by atoms with E-state index in [0.29, 0.717) is 6.04 Å². The standard InChI is InChI=1S/C17H24ClN3/c1-12-7-6-8-15-16(12)19-17(14(3)18)21(15)13(2)11-20-9-4-5-10-20/h6-8,13-14H,4-5,9-11H2,1-3H3. The quantitative estimate of drug-likeness (QED) is 0.785. The van der Waals surface area contributed by atoms with Crippen molar-refractivity contribution >= 4 is 22.6 Å². The Balaban J connectivity index is 2.02. The smallest absolute Gasteiger partial charge is 0.128 e. The SMILES string of the molecule is Cc1cccc2c1nc(C(C)Cl)n2C(C)CN1CCCC1. The minimum Gasteiger partial charge on any atom is -0.323 e. The summed E-state index contributed by atoms with van der Waals surface area (Å²) in [5.74, 6) is 0.993. The zero-order valence-electron chi connectivity index (χ0n) is 13.1. The van der Waals surface area contributed by atoms with Crippen LogP contribution < -0.4 is 0 Å². The van der Waals surface area contributed by atoms with E-state index in [1.165, 1.54) is 37.0 Å². The summed E-state index contributed by atoms with van der Waals surface area (Å²) in [4.78, 5) is 7.37. The fraction of sp³-hybridized carbons (Fsp3) is 0.588. The first-order valence-electron chi connectivity index (χ1n) is 7.92. The Labute approximate surface area is 131 Å². The summed E-state index contributed by atoms with van der Waals surface area (Å²) >= 11 is 6.40. The van der Waals surface area contributed by atoms with Crippen LogP contribution in [0.15, 0.2) is 18.2 Å². The van der Waals surface area contributed by atoms with Crippen LogP contribution in [-0.2, 0) is 0 Å². The minimum absolute atomic E-state index is 0.0715. The van der Waals surface area contributed by atoms with Gasteiger partial charge >= 0.3 is 0 Å². The van der Waals surface area contributed by atoms with Gasteiger partial charge in [0, 0.05) is 12.6 Å². The number of rotatable bonds is 4. The van der Waals surface area contributed by atoms with E-state index >= 15 is 0 Å². The molecule has 1 aliphatic heterocycles. The molecule has 0 radical (unpaired) electrons. The summed E-state index contributed by atoms with van der Waals surface area (Å²) < 4.78 is 2.35. The third-order valence-corrected chi connectivity index (χ3v) is 4.66. The number of imidazole rings is 1. The van der Waals surface area contributed by atoms with Gasteiger partial charge in [-0.3, -0.25) is 0 Å². The lowest BCUT2D eigenvalue weighted by Gasteiger charge is -2.24. The molecule has 2 atom stereocenters. The molecule has 1 aromatic heterocycles. The van der Waals surface area contributed by atoms with Gasteiger partial charge in [-0.25, -0.2) is 4.98 Å². The van der Waals surface area contributed by atoms with Gasteiger partial charge in [0.05, 0.1) is 16.4 Å². The number of nitrogens with zero attached hydrogens (tertiary/aromatic N) is 3. The second-order valence-corrected chi connectivity index (χ2v) is 6.91. The Bertz CT molecular complexity index is 626. The van der Waals surface area contributed by atoms with Crippen LogP contribution in [0, 0.1) is 6.92 Å². The molecule has 0 N–H and O–H groups in total. The van der Waals surface area contributed by atoms with Crippen LogP contribution in [0.3, 0.4) is 0 Å². The molecule has 3 nitrogen and oxygen atoms in total. The molecule has 1 aromatic carbocycles. The van der Waals surface area contributed by atoms with E-state index in [1.807, 2.05) is 6.92 Å². The number of aromatic nitrogens is 2. The highest BCUT2D eigenvalue weighted by Crippen LogP contribution is 2.30. The maximum Gasteiger partial charge on any atom is 0.128 e. The molecule has 1 saturated heterocycles. The van der Waals surface area contributed by atoms with Gasteiger partial charge in [0.15, 0.2) is 0 Å². The normalized spacial score (nSPS) is 19.2. The first-order chi connectivity index (χ1) is 10.1. The van der Waals surface area contributed by atoms with Crippen molar-refractivity contribution in [3.8, 4) is 0 Å². The molecule has 1 fully saturated rings. The number of hydrogen-bond donors (Lipinski definition) is 0. The van der Waals surface area contributed by atoms with Crippen molar-refractivity contribution < 1.29 is 0 Å². The summed E-state index contributed by atoms with van der Waals surface area (Å²) in [6.45, 7) is 9.94. The lowest BCUT2D eigenvalue weighted by Crippen LogP contribution is -2.28. The average Bonchev–Trinajstić information content (AvgIpc) is 3.05. The highest BCUT2D eigenvalue weighted by atomic mass is 35.5. The number of benzene rings is 1. The monoisotopic (exact) mass is 305 g/mol. The molecular weight excluding hydrogens is 282 g/mol. The van der Waals surface area contributed by atoms with Crippen molar-refractivity contribution in [2.45, 2.75) is 45.0 Å². The third-order valence-electron chi connectivity index (χ3n) is 4.47. The molecular formula is C17H24ClN3. The van der Waals surface area contributed by atoms with Crippen LogP contribution in [0.25, 0.3) is 11.0 Å². The van der Waals surface area contributed by atoms with Gasteiger partial charge in [-0.1, -0.05) is 12.1 Å². The van der Waals surface area contributed by atoms with Crippen LogP contribution in [0.1, 0.15) is 49.5 Å². The zero-order valence-corrected chi connectivity index (χ0v) is 13.9. The summed E-state index contributed by atoms with van der Waals surface area (Å²) in [7, 11) is 0. The summed E-state index contributed by atoms with van der Waals surface area (Å²) in [5.41, 5.74) is 3.52. The van der Waals surface area contributed by atoms with E-state index in [4.69, 9.17) is 16.6 Å². The molecule has 0 aliphatic carbocycles. The van der Waals surface area contributed by atoms with Crippen molar-refractivity contribution in [2.75, 3.05) is 19.6 Å². The topological polar surface area (TPSA) is 21.1 Å². The molecule has 0 spiro atoms. The van der Waals surface area contributed by atoms with Crippen LogP contribution in [-0.4, -0.2) is 34.1 Å². The van der Waals surface area contributed by atoms with Gasteiger partial charge < -0.3 is 9.47 Å². The van der Waals surface area contributed by atoms with Gasteiger partial charge in [0.2, 0.25) is 0 Å². The summed E-state index contributed by atoms with van der Waals surface area (Å²) in [6, 6.07) is 6.79. The molecule has 2 heterocycles. The average molecular weight is 306 g/mol. The Morgan fingerprint density at radius 2 is 1.95 bits per heavy atom. The Kier molecular flexibility index (Phi) is 4.23. The highest BCUT2D eigenvalue weighted by molar-refractivity contribution is 6.20. The molecule has 1 aliphatic rings. The Morgan fingerprint density at radius 3 is 2.62 bits per heavy atom. The second-order valence-electron chi connectivity index (χ2n) is 6.26. The number of likely N-dealkylation sites (tertiary alicyclic amines) is 1. The number of aryl methyl sites for hydroxylation is 1. The van der Waals surface area contributed by atoms with E-state index in [-0.39, 0.29) is 5.38 Å². The summed E-state index contributed by atoms with van der Waals surface area (Å²) in [6.07, 6.45) is 2.66. The van der Waals surface area contributed by atoms with E-state index in [9.17, 15) is 0 Å². The van der Waals surface area contributed by atoms with Crippen LogP contribution in [0.4, 0.5) is 0 Å². The van der Waals surface area contributed by atoms with E-state index in [1.54, 1.807) is 0 Å². The highest BCUT2D eigenvalue weighted by Gasteiger charge is 2.22. The maximum absolute atomic E-state index is 6.40. The predicted octanol–water partition coefficient (Wildman–Crippen LogP) is 4.30. The van der Waals surface area contributed by atoms with Gasteiger partial charge in [-0.05, 0) is 58.3 Å². The third kappa shape index (κ3) is 2.82. The zero-order chi connectivity index (χ0) is 15.0. The predicted molar refractivity (Wildman–Crippen MR) is 89.1 cm³/mol. The van der Waals surface area contributed by atoms with Crippen molar-refractivity contribution in [3.05, 3.63) is 29.6 Å². The number of para-hydroxylation sites is 1. The Hall–Kier alpha value is -1.06. The maximum atomic E-state index is 6.40. The van der Waals surface area contributed by atoms with Gasteiger partial charge in [-0.15, -0.1) is 11.6 Å². The van der Waals surface area contributed by atoms with E-state index < -0.39 is 0 Å². The minimum atomic E-state index is -0.0715. The van der Waals surface area contributed by atoms with Crippen molar-refractivity contribution in [1.82, 2.24) is 14.5 Å². The fourth-order valence-electron chi connectivity index (χ4n) is 3.44. The molecule has 3 rings (SSSR count). The lowest BCUT2D eigenvalue weighted by atomic mass is 10.2. The van der Waals surface area contributed by atoms with E-state index in [0.717, 1.165) is 17.9 Å². The van der Waals surface area contributed by atoms with Gasteiger partial charge in [0.1, 0.15) is 5.82 Å². The van der Waals surface area contributed by atoms with Crippen LogP contribution in [0.2, 0.25) is 0 Å². The Morgan fingerprint density at radius 1 is 1.24 bits per heavy atom. The van der Waals surface area contributed by atoms with Crippen LogP contribution >= 0.6 is 11.6 Å². The molecule has 0 bridgehead atoms. The molecule has 2 unspecified atom stereocenters. The van der Waals surface area contributed by atoms with Crippen LogP contribution in [0.5, 0.6) is 0 Å². The van der Waals surface area contributed by atoms with Crippen molar-refractivity contribution in [2.24, 2.45) is 0 Å². The molecule has 2 aromatic rings. The molecule has 0 saturated carbocycles. The molecule has 114 valence electrons. The summed E-state index contributed by atoms with van der Waals surface area (Å²) in [5, 5.41) is -0.0715. The first-order valence-corrected chi connectivity index (χ1v) is 8.35. The molecule has 21 heavy (non-hydrogen) atoms. The van der Waals surface area contributed by atoms with Crippen molar-refractivity contribution in [1.29, 1.82) is 0 Å². The molecule has 4 heteroatoms. The number of hydrogen-bond acceptors (Lipinski definition) is 2. The lowest BCUT2D eigenvalue weighted by molar-refractivity contribution is 0.287. The molecule has 0 amide bonds. The largest absolute Gasteiger partial charge is 0.323 e. The second kappa shape index (κ2) is 5.98. The van der Waals surface area contributed by atoms with Gasteiger partial charge in [0.25, 0.3) is 0 Å². The number of alkyl halides is 1. The fourth-order valence-corrected chi connectivity index (χ4v) is 3.59. The van der Waals surface area contributed by atoms with Crippen molar-refractivity contribution in [3.63, 3.8) is 0 Å². The number of fused-ring (bicyclic) bond motifs is 1. The first kappa shape index (κ1) is 14.9. The van der Waals surface area contributed by atoms with E-state index in [2.05, 4.69) is 41.5 Å². The number of halogens is 1. The van der Waals surface area contributed by atoms with Gasteiger partial charge in [-0.2, -0.15) is 0 Å².